The predicted octanol–water partition coefficient (Wildman–Crippen LogP) is 4.56. The van der Waals surface area contributed by atoms with Gasteiger partial charge in [0.15, 0.2) is 0 Å². The van der Waals surface area contributed by atoms with Crippen LogP contribution in [0.25, 0.3) is 0 Å². The Morgan fingerprint density at radius 1 is 0.944 bits per heavy atom. The van der Waals surface area contributed by atoms with E-state index >= 15 is 0 Å². The largest absolute Gasteiger partial charge is 0.450 e. The zero-order chi connectivity index (χ0) is 13.5. The van der Waals surface area contributed by atoms with E-state index in [1.807, 2.05) is 0 Å². The van der Waals surface area contributed by atoms with E-state index in [4.69, 9.17) is 5.73 Å². The fourth-order valence-corrected chi connectivity index (χ4v) is 1.80. The van der Waals surface area contributed by atoms with Gasteiger partial charge in [-0.15, -0.1) is 0 Å². The number of rotatable bonds is 12. The maximum absolute atomic E-state index is 10.3. The van der Waals surface area contributed by atoms with Crippen molar-refractivity contribution in [2.45, 2.75) is 71.1 Å². The SMILES string of the molecule is CCCC/C=C\CCCCCCCCOC(N)=O. The molecule has 0 aliphatic carbocycles. The number of amides is 1. The molecule has 0 aliphatic heterocycles. The Bertz CT molecular complexity index is 215. The topological polar surface area (TPSA) is 52.3 Å². The van der Waals surface area contributed by atoms with Gasteiger partial charge in [0.2, 0.25) is 0 Å². The molecule has 0 saturated heterocycles. The molecule has 0 aliphatic rings. The second-order valence-corrected chi connectivity index (χ2v) is 4.69. The lowest BCUT2D eigenvalue weighted by molar-refractivity contribution is 0.154. The minimum absolute atomic E-state index is 0.468. The molecule has 0 aromatic rings. The average molecular weight is 255 g/mol. The van der Waals surface area contributed by atoms with Crippen molar-refractivity contribution in [1.82, 2.24) is 0 Å². The molecule has 2 N–H and O–H groups in total. The summed E-state index contributed by atoms with van der Waals surface area (Å²) in [6, 6.07) is 0. The van der Waals surface area contributed by atoms with Gasteiger partial charge in [0.1, 0.15) is 0 Å². The van der Waals surface area contributed by atoms with Crippen molar-refractivity contribution in [2.24, 2.45) is 5.73 Å². The van der Waals surface area contributed by atoms with Gasteiger partial charge in [0.25, 0.3) is 0 Å². The minimum atomic E-state index is -0.662. The van der Waals surface area contributed by atoms with Gasteiger partial charge in [0.05, 0.1) is 6.61 Å². The van der Waals surface area contributed by atoms with E-state index in [1.165, 1.54) is 51.4 Å². The molecular formula is C15H29NO2. The first-order chi connectivity index (χ1) is 8.77. The molecule has 3 nitrogen and oxygen atoms in total. The number of primary amides is 1. The van der Waals surface area contributed by atoms with Crippen molar-refractivity contribution in [3.63, 3.8) is 0 Å². The van der Waals surface area contributed by atoms with Gasteiger partial charge in [-0.05, 0) is 25.7 Å². The summed E-state index contributed by atoms with van der Waals surface area (Å²) in [4.78, 5) is 10.3. The van der Waals surface area contributed by atoms with Crippen LogP contribution in [0, 0.1) is 0 Å². The van der Waals surface area contributed by atoms with E-state index in [0.29, 0.717) is 6.61 Å². The maximum Gasteiger partial charge on any atom is 0.404 e. The summed E-state index contributed by atoms with van der Waals surface area (Å²) in [7, 11) is 0. The quantitative estimate of drug-likeness (QED) is 0.410. The van der Waals surface area contributed by atoms with E-state index in [-0.39, 0.29) is 0 Å². The third-order valence-electron chi connectivity index (χ3n) is 2.90. The lowest BCUT2D eigenvalue weighted by Crippen LogP contribution is -2.13. The molecule has 0 rings (SSSR count). The van der Waals surface area contributed by atoms with E-state index < -0.39 is 6.09 Å². The summed E-state index contributed by atoms with van der Waals surface area (Å²) in [5.41, 5.74) is 4.86. The molecule has 0 spiro atoms. The number of hydrogen-bond donors (Lipinski definition) is 1. The van der Waals surface area contributed by atoms with Gasteiger partial charge < -0.3 is 10.5 Å². The molecule has 0 saturated carbocycles. The van der Waals surface area contributed by atoms with E-state index in [0.717, 1.165) is 12.8 Å². The summed E-state index contributed by atoms with van der Waals surface area (Å²) in [6.07, 6.45) is 16.2. The minimum Gasteiger partial charge on any atom is -0.450 e. The lowest BCUT2D eigenvalue weighted by Gasteiger charge is -2.01. The van der Waals surface area contributed by atoms with Gasteiger partial charge in [-0.1, -0.05) is 57.6 Å². The number of nitrogens with two attached hydrogens (primary N) is 1. The molecular weight excluding hydrogens is 226 g/mol. The Hall–Kier alpha value is -0.990. The van der Waals surface area contributed by atoms with Crippen molar-refractivity contribution in [3.05, 3.63) is 12.2 Å². The van der Waals surface area contributed by atoms with Crippen LogP contribution in [0.5, 0.6) is 0 Å². The van der Waals surface area contributed by atoms with Crippen molar-refractivity contribution in [1.29, 1.82) is 0 Å². The van der Waals surface area contributed by atoms with Crippen LogP contribution >= 0.6 is 0 Å². The van der Waals surface area contributed by atoms with Crippen LogP contribution in [-0.4, -0.2) is 12.7 Å². The summed E-state index contributed by atoms with van der Waals surface area (Å²) in [5.74, 6) is 0. The predicted molar refractivity (Wildman–Crippen MR) is 76.5 cm³/mol. The highest BCUT2D eigenvalue weighted by Crippen LogP contribution is 2.08. The Morgan fingerprint density at radius 3 is 2.11 bits per heavy atom. The normalized spacial score (nSPS) is 10.9. The standard InChI is InChI=1S/C15H29NO2/c1-2-3-4-5-6-7-8-9-10-11-12-13-14-18-15(16)17/h5-6H,2-4,7-14H2,1H3,(H2,16,17)/b6-5-. The van der Waals surface area contributed by atoms with E-state index in [9.17, 15) is 4.79 Å². The van der Waals surface area contributed by atoms with Gasteiger partial charge in [-0.3, -0.25) is 0 Å². The highest BCUT2D eigenvalue weighted by Gasteiger charge is 1.94. The van der Waals surface area contributed by atoms with Crippen molar-refractivity contribution < 1.29 is 9.53 Å². The fourth-order valence-electron chi connectivity index (χ4n) is 1.80. The zero-order valence-electron chi connectivity index (χ0n) is 11.8. The highest BCUT2D eigenvalue weighted by molar-refractivity contribution is 5.64. The van der Waals surface area contributed by atoms with Gasteiger partial charge in [-0.2, -0.15) is 0 Å². The number of unbranched alkanes of at least 4 members (excludes halogenated alkanes) is 8. The Kier molecular flexibility index (Phi) is 13.3. The summed E-state index contributed by atoms with van der Waals surface area (Å²) < 4.78 is 4.66. The van der Waals surface area contributed by atoms with Gasteiger partial charge in [-0.25, -0.2) is 4.79 Å². The first-order valence-electron chi connectivity index (χ1n) is 7.34. The first kappa shape index (κ1) is 17.0. The van der Waals surface area contributed by atoms with Crippen LogP contribution in [0.4, 0.5) is 4.79 Å². The van der Waals surface area contributed by atoms with Crippen LogP contribution in [0.1, 0.15) is 71.1 Å². The third kappa shape index (κ3) is 15.0. The monoisotopic (exact) mass is 255 g/mol. The Morgan fingerprint density at radius 2 is 1.50 bits per heavy atom. The molecule has 0 fully saturated rings. The summed E-state index contributed by atoms with van der Waals surface area (Å²) >= 11 is 0. The summed E-state index contributed by atoms with van der Waals surface area (Å²) in [6.45, 7) is 2.69. The smallest absolute Gasteiger partial charge is 0.404 e. The number of ether oxygens (including phenoxy) is 1. The first-order valence-corrected chi connectivity index (χ1v) is 7.34. The number of carbonyl (C=O) groups excluding carboxylic acids is 1. The van der Waals surface area contributed by atoms with Crippen molar-refractivity contribution in [3.8, 4) is 0 Å². The molecule has 106 valence electrons. The molecule has 0 unspecified atom stereocenters. The third-order valence-corrected chi connectivity index (χ3v) is 2.90. The molecule has 0 radical (unpaired) electrons. The molecule has 3 heteroatoms. The second kappa shape index (κ2) is 14.1. The number of allylic oxidation sites excluding steroid dienone is 2. The van der Waals surface area contributed by atoms with Crippen molar-refractivity contribution in [2.75, 3.05) is 6.61 Å². The summed E-state index contributed by atoms with van der Waals surface area (Å²) in [5, 5.41) is 0. The van der Waals surface area contributed by atoms with E-state index in [1.54, 1.807) is 0 Å². The average Bonchev–Trinajstić information content (AvgIpc) is 2.34. The van der Waals surface area contributed by atoms with Crippen LogP contribution in [0.3, 0.4) is 0 Å². The van der Waals surface area contributed by atoms with Gasteiger partial charge in [0, 0.05) is 0 Å². The Balaban J connectivity index is 3.03. The molecule has 18 heavy (non-hydrogen) atoms. The Labute approximate surface area is 112 Å². The molecule has 0 atom stereocenters. The lowest BCUT2D eigenvalue weighted by atomic mass is 10.1. The van der Waals surface area contributed by atoms with Crippen LogP contribution in [0.15, 0.2) is 12.2 Å². The molecule has 0 aromatic heterocycles. The van der Waals surface area contributed by atoms with E-state index in [2.05, 4.69) is 23.8 Å². The number of carbonyl (C=O) groups is 1. The fraction of sp³-hybridized carbons (Fsp3) is 0.800. The molecule has 0 aromatic carbocycles. The second-order valence-electron chi connectivity index (χ2n) is 4.69. The highest BCUT2D eigenvalue weighted by atomic mass is 16.5. The zero-order valence-corrected chi connectivity index (χ0v) is 11.8. The molecule has 1 amide bonds. The van der Waals surface area contributed by atoms with Crippen LogP contribution in [-0.2, 0) is 4.74 Å². The van der Waals surface area contributed by atoms with Crippen LogP contribution < -0.4 is 5.73 Å². The number of hydrogen-bond acceptors (Lipinski definition) is 2. The molecule has 0 heterocycles. The van der Waals surface area contributed by atoms with Crippen molar-refractivity contribution >= 4 is 6.09 Å². The van der Waals surface area contributed by atoms with Crippen LogP contribution in [0.2, 0.25) is 0 Å². The molecule has 0 bridgehead atoms. The maximum atomic E-state index is 10.3. The van der Waals surface area contributed by atoms with Gasteiger partial charge >= 0.3 is 6.09 Å².